The molecule has 0 amide bonds. The van der Waals surface area contributed by atoms with Crippen LogP contribution in [0.5, 0.6) is 5.88 Å². The van der Waals surface area contributed by atoms with E-state index in [1.54, 1.807) is 0 Å². The second-order valence-electron chi connectivity index (χ2n) is 3.91. The van der Waals surface area contributed by atoms with Crippen LogP contribution in [0.4, 0.5) is 0 Å². The molecule has 0 saturated carbocycles. The van der Waals surface area contributed by atoms with Crippen LogP contribution in [0.25, 0.3) is 22.3 Å². The molecule has 0 aliphatic rings. The zero-order valence-electron chi connectivity index (χ0n) is 9.74. The first kappa shape index (κ1) is 10.7. The van der Waals surface area contributed by atoms with E-state index in [1.165, 1.54) is 0 Å². The van der Waals surface area contributed by atoms with Gasteiger partial charge in [0.15, 0.2) is 5.82 Å². The molecule has 0 aliphatic heterocycles. The molecule has 0 aliphatic carbocycles. The van der Waals surface area contributed by atoms with Gasteiger partial charge in [-0.1, -0.05) is 42.5 Å². The molecular weight excluding hydrogens is 224 g/mol. The summed E-state index contributed by atoms with van der Waals surface area (Å²) in [5, 5.41) is 0.923. The number of aliphatic hydroxyl groups is 1. The highest BCUT2D eigenvalue weighted by Crippen LogP contribution is 2.26. The Morgan fingerprint density at radius 3 is 2.33 bits per heavy atom. The average molecular weight is 236 g/mol. The molecule has 2 aromatic carbocycles. The zero-order chi connectivity index (χ0) is 12.4. The minimum Gasteiger partial charge on any atom is -0.707 e. The van der Waals surface area contributed by atoms with E-state index < -0.39 is 0 Å². The van der Waals surface area contributed by atoms with Gasteiger partial charge in [0.1, 0.15) is 5.39 Å². The van der Waals surface area contributed by atoms with Crippen molar-refractivity contribution in [2.45, 2.75) is 0 Å². The molecule has 1 aromatic heterocycles. The summed E-state index contributed by atoms with van der Waals surface area (Å²) >= 11 is 0. The maximum Gasteiger partial charge on any atom is 0.340 e. The van der Waals surface area contributed by atoms with Gasteiger partial charge in [0.25, 0.3) is 0 Å². The molecule has 0 bridgehead atoms. The van der Waals surface area contributed by atoms with Crippen molar-refractivity contribution in [3.05, 3.63) is 61.7 Å². The summed E-state index contributed by atoms with van der Waals surface area (Å²) in [6.45, 7) is 0. The molecule has 88 valence electrons. The molecule has 3 nitrogen and oxygen atoms in total. The Morgan fingerprint density at radius 1 is 0.833 bits per heavy atom. The number of rotatable bonds is 2. The van der Waals surface area contributed by atoms with Crippen LogP contribution in [-0.4, -0.2) is 14.7 Å². The largest absolute Gasteiger partial charge is 0.707 e. The second-order valence-corrected chi connectivity index (χ2v) is 3.91. The molecule has 1 heterocycles. The Balaban J connectivity index is 2.26. The number of ether oxygens (including phenoxy) is 1. The van der Waals surface area contributed by atoms with E-state index >= 15 is 0 Å². The van der Waals surface area contributed by atoms with Crippen LogP contribution in [0.1, 0.15) is 0 Å². The third-order valence-electron chi connectivity index (χ3n) is 2.76. The molecular formula is C15H12N2O. The van der Waals surface area contributed by atoms with E-state index in [2.05, 4.69) is 21.8 Å². The minimum atomic E-state index is 0.624. The predicted octanol–water partition coefficient (Wildman–Crippen LogP) is 3.33. The average Bonchev–Trinajstić information content (AvgIpc) is 2.47. The van der Waals surface area contributed by atoms with E-state index in [4.69, 9.17) is 0 Å². The number of nitrogens with zero attached hydrogens (tertiary/aromatic N) is 2. The van der Waals surface area contributed by atoms with Crippen LogP contribution in [0.15, 0.2) is 54.6 Å². The van der Waals surface area contributed by atoms with E-state index in [9.17, 15) is 0 Å². The molecule has 3 rings (SSSR count). The maximum atomic E-state index is 4.56. The van der Waals surface area contributed by atoms with Crippen LogP contribution < -0.4 is 0 Å². The summed E-state index contributed by atoms with van der Waals surface area (Å²) in [6.07, 6.45) is 0. The highest BCUT2D eigenvalue weighted by molar-refractivity contribution is 5.84. The lowest BCUT2D eigenvalue weighted by molar-refractivity contribution is 0.178. The summed E-state index contributed by atoms with van der Waals surface area (Å²) in [5.41, 5.74) is 1.86. The van der Waals surface area contributed by atoms with Gasteiger partial charge in [-0.2, -0.15) is 0 Å². The SMILES string of the molecule is [CH2-][OH+]c1nc(-c2ccccc2)nc2ccccc12. The number of fused-ring (bicyclic) bond motifs is 1. The standard InChI is InChI=1S/C15H12N2O/c1-18-15-12-9-5-6-10-13(12)16-14(17-15)11-7-3-2-4-8-11/h2-10,18H,1H2. The van der Waals surface area contributed by atoms with Gasteiger partial charge in [0.05, 0.1) is 5.52 Å². The van der Waals surface area contributed by atoms with Crippen molar-refractivity contribution in [1.82, 2.24) is 9.97 Å². The quantitative estimate of drug-likeness (QED) is 0.505. The number of aromatic nitrogens is 2. The maximum absolute atomic E-state index is 4.56. The lowest BCUT2D eigenvalue weighted by Crippen LogP contribution is -1.93. The van der Waals surface area contributed by atoms with Crippen LogP contribution in [0.3, 0.4) is 0 Å². The molecule has 0 radical (unpaired) electrons. The lowest BCUT2D eigenvalue weighted by Gasteiger charge is -2.08. The minimum absolute atomic E-state index is 0.624. The molecule has 0 fully saturated rings. The molecule has 18 heavy (non-hydrogen) atoms. The van der Waals surface area contributed by atoms with Gasteiger partial charge in [-0.05, 0) is 19.2 Å². The van der Waals surface area contributed by atoms with Crippen molar-refractivity contribution >= 4 is 10.9 Å². The Kier molecular flexibility index (Phi) is 2.65. The highest BCUT2D eigenvalue weighted by atomic mass is 16.5. The molecule has 1 N–H and O–H groups in total. The third kappa shape index (κ3) is 1.80. The highest BCUT2D eigenvalue weighted by Gasteiger charge is 2.10. The zero-order valence-corrected chi connectivity index (χ0v) is 9.74. The first-order valence-electron chi connectivity index (χ1n) is 5.67. The first-order valence-corrected chi connectivity index (χ1v) is 5.67. The number of aromatic hydroxyl groups is 1. The van der Waals surface area contributed by atoms with Crippen LogP contribution in [0.2, 0.25) is 0 Å². The molecule has 0 saturated heterocycles. The number of benzene rings is 2. The number of para-hydroxylation sites is 1. The summed E-state index contributed by atoms with van der Waals surface area (Å²) in [7, 11) is 3.58. The monoisotopic (exact) mass is 236 g/mol. The Labute approximate surface area is 105 Å². The second kappa shape index (κ2) is 4.45. The van der Waals surface area contributed by atoms with Gasteiger partial charge in [-0.15, -0.1) is 4.98 Å². The molecule has 0 atom stereocenters. The molecule has 0 spiro atoms. The van der Waals surface area contributed by atoms with Crippen molar-refractivity contribution in [2.75, 3.05) is 0 Å². The number of hydrogen-bond donors (Lipinski definition) is 0. The van der Waals surface area contributed by atoms with Gasteiger partial charge >= 0.3 is 5.88 Å². The van der Waals surface area contributed by atoms with E-state index in [0.29, 0.717) is 11.7 Å². The van der Waals surface area contributed by atoms with E-state index in [0.717, 1.165) is 16.5 Å². The van der Waals surface area contributed by atoms with Crippen molar-refractivity contribution in [1.29, 1.82) is 0 Å². The van der Waals surface area contributed by atoms with Crippen molar-refractivity contribution in [2.24, 2.45) is 0 Å². The van der Waals surface area contributed by atoms with Gasteiger partial charge in [-0.25, -0.2) is 4.98 Å². The van der Waals surface area contributed by atoms with Crippen molar-refractivity contribution in [3.63, 3.8) is 0 Å². The van der Waals surface area contributed by atoms with Crippen molar-refractivity contribution in [3.8, 4) is 17.3 Å². The molecule has 3 aromatic rings. The Morgan fingerprint density at radius 2 is 1.56 bits per heavy atom. The van der Waals surface area contributed by atoms with Crippen LogP contribution in [-0.2, 0) is 0 Å². The van der Waals surface area contributed by atoms with Gasteiger partial charge < -0.3 is 4.74 Å². The first-order chi connectivity index (χ1) is 8.88. The summed E-state index contributed by atoms with van der Waals surface area (Å²) in [6, 6.07) is 17.7. The Hall–Kier alpha value is -2.42. The van der Waals surface area contributed by atoms with Gasteiger partial charge in [-0.3, -0.25) is 0 Å². The Bertz CT molecular complexity index is 680. The third-order valence-corrected chi connectivity index (χ3v) is 2.76. The fraction of sp³-hybridized carbons (Fsp3) is 0. The van der Waals surface area contributed by atoms with Crippen molar-refractivity contribution < 1.29 is 4.74 Å². The predicted molar refractivity (Wildman–Crippen MR) is 72.0 cm³/mol. The molecule has 3 heteroatoms. The summed E-state index contributed by atoms with van der Waals surface area (Å²) < 4.78 is 3.98. The van der Waals surface area contributed by atoms with E-state index in [1.807, 2.05) is 54.6 Å². The fourth-order valence-corrected chi connectivity index (χ4v) is 1.90. The summed E-state index contributed by atoms with van der Waals surface area (Å²) in [4.78, 5) is 9.00. The number of hydrogen-bond acceptors (Lipinski definition) is 2. The summed E-state index contributed by atoms with van der Waals surface area (Å²) in [5.74, 6) is 1.30. The van der Waals surface area contributed by atoms with Crippen LogP contribution in [0, 0.1) is 7.11 Å². The fourth-order valence-electron chi connectivity index (χ4n) is 1.90. The topological polar surface area (TPSA) is 38.6 Å². The normalized spacial score (nSPS) is 10.5. The van der Waals surface area contributed by atoms with E-state index in [-0.39, 0.29) is 0 Å². The van der Waals surface area contributed by atoms with Gasteiger partial charge in [0.2, 0.25) is 0 Å². The molecule has 0 unspecified atom stereocenters. The lowest BCUT2D eigenvalue weighted by atomic mass is 10.2. The smallest absolute Gasteiger partial charge is 0.340 e. The van der Waals surface area contributed by atoms with Crippen LogP contribution >= 0.6 is 0 Å². The van der Waals surface area contributed by atoms with Gasteiger partial charge in [0, 0.05) is 5.56 Å².